The molecule has 0 amide bonds. The number of benzene rings is 2. The summed E-state index contributed by atoms with van der Waals surface area (Å²) in [6.07, 6.45) is 8.39. The SMILES string of the molecule is CCCC(CCC)C(=O)c1ccc(F)cc1.CCCCc1coc2ccccc2c1=O. The topological polar surface area (TPSA) is 47.3 Å². The molecule has 1 heterocycles. The van der Waals surface area contributed by atoms with Crippen molar-refractivity contribution in [3.05, 3.63) is 82.0 Å². The summed E-state index contributed by atoms with van der Waals surface area (Å²) >= 11 is 0. The van der Waals surface area contributed by atoms with Crippen LogP contribution in [0.5, 0.6) is 0 Å². The molecule has 31 heavy (non-hydrogen) atoms. The first-order valence-corrected chi connectivity index (χ1v) is 11.3. The predicted octanol–water partition coefficient (Wildman–Crippen LogP) is 7.36. The van der Waals surface area contributed by atoms with Crippen molar-refractivity contribution >= 4 is 16.8 Å². The van der Waals surface area contributed by atoms with Gasteiger partial charge in [-0.05, 0) is 62.1 Å². The Balaban J connectivity index is 0.000000220. The average molecular weight is 425 g/mol. The van der Waals surface area contributed by atoms with Crippen molar-refractivity contribution in [1.82, 2.24) is 0 Å². The Morgan fingerprint density at radius 3 is 2.19 bits per heavy atom. The van der Waals surface area contributed by atoms with Crippen LogP contribution in [0.2, 0.25) is 0 Å². The van der Waals surface area contributed by atoms with Gasteiger partial charge in [0, 0.05) is 17.0 Å². The Labute approximate surface area is 184 Å². The fourth-order valence-electron chi connectivity index (χ4n) is 3.61. The molecule has 1 aromatic heterocycles. The maximum absolute atomic E-state index is 12.7. The first kappa shape index (κ1) is 24.5. The van der Waals surface area contributed by atoms with Gasteiger partial charge in [-0.15, -0.1) is 0 Å². The molecule has 4 heteroatoms. The average Bonchev–Trinajstić information content (AvgIpc) is 2.79. The maximum Gasteiger partial charge on any atom is 0.195 e. The summed E-state index contributed by atoms with van der Waals surface area (Å²) in [5.74, 6) is -0.0387. The monoisotopic (exact) mass is 424 g/mol. The normalized spacial score (nSPS) is 10.7. The summed E-state index contributed by atoms with van der Waals surface area (Å²) < 4.78 is 18.2. The van der Waals surface area contributed by atoms with E-state index in [4.69, 9.17) is 4.42 Å². The third-order valence-electron chi connectivity index (χ3n) is 5.32. The van der Waals surface area contributed by atoms with Crippen LogP contribution in [-0.2, 0) is 6.42 Å². The number of fused-ring (bicyclic) bond motifs is 1. The molecule has 0 bridgehead atoms. The zero-order valence-electron chi connectivity index (χ0n) is 18.8. The second-order valence-corrected chi connectivity index (χ2v) is 7.84. The number of halogens is 1. The highest BCUT2D eigenvalue weighted by molar-refractivity contribution is 5.97. The lowest BCUT2D eigenvalue weighted by atomic mass is 9.90. The van der Waals surface area contributed by atoms with Crippen LogP contribution in [0.4, 0.5) is 4.39 Å². The van der Waals surface area contributed by atoms with E-state index in [0.717, 1.165) is 50.5 Å². The zero-order valence-corrected chi connectivity index (χ0v) is 18.8. The fourth-order valence-corrected chi connectivity index (χ4v) is 3.61. The van der Waals surface area contributed by atoms with Crippen molar-refractivity contribution in [1.29, 1.82) is 0 Å². The summed E-state index contributed by atoms with van der Waals surface area (Å²) in [5, 5.41) is 0.686. The van der Waals surface area contributed by atoms with Gasteiger partial charge in [0.2, 0.25) is 0 Å². The molecule has 166 valence electrons. The summed E-state index contributed by atoms with van der Waals surface area (Å²) in [6.45, 7) is 6.28. The van der Waals surface area contributed by atoms with Gasteiger partial charge < -0.3 is 4.42 Å². The molecule has 3 aromatic rings. The smallest absolute Gasteiger partial charge is 0.195 e. The molecule has 3 nitrogen and oxygen atoms in total. The van der Waals surface area contributed by atoms with E-state index in [1.807, 2.05) is 24.3 Å². The summed E-state index contributed by atoms with van der Waals surface area (Å²) in [6, 6.07) is 13.2. The lowest BCUT2D eigenvalue weighted by molar-refractivity contribution is 0.0905. The highest BCUT2D eigenvalue weighted by atomic mass is 19.1. The molecular weight excluding hydrogens is 391 g/mol. The number of rotatable bonds is 9. The number of hydrogen-bond acceptors (Lipinski definition) is 3. The van der Waals surface area contributed by atoms with Gasteiger partial charge in [0.25, 0.3) is 0 Å². The van der Waals surface area contributed by atoms with Crippen LogP contribution in [0, 0.1) is 11.7 Å². The number of carbonyl (C=O) groups excluding carboxylic acids is 1. The molecule has 0 radical (unpaired) electrons. The van der Waals surface area contributed by atoms with Crippen molar-refractivity contribution in [2.75, 3.05) is 0 Å². The molecule has 0 aliphatic carbocycles. The fraction of sp³-hybridized carbons (Fsp3) is 0.407. The molecule has 0 unspecified atom stereocenters. The molecule has 3 rings (SSSR count). The van der Waals surface area contributed by atoms with Crippen LogP contribution in [-0.4, -0.2) is 5.78 Å². The van der Waals surface area contributed by atoms with Gasteiger partial charge in [-0.2, -0.15) is 0 Å². The van der Waals surface area contributed by atoms with Crippen LogP contribution >= 0.6 is 0 Å². The number of ketones is 1. The van der Waals surface area contributed by atoms with E-state index in [2.05, 4.69) is 20.8 Å². The van der Waals surface area contributed by atoms with E-state index in [1.165, 1.54) is 12.1 Å². The zero-order chi connectivity index (χ0) is 22.6. The van der Waals surface area contributed by atoms with Gasteiger partial charge in [-0.1, -0.05) is 52.2 Å². The van der Waals surface area contributed by atoms with Crippen LogP contribution < -0.4 is 5.43 Å². The van der Waals surface area contributed by atoms with Gasteiger partial charge in [0.05, 0.1) is 11.6 Å². The molecule has 0 N–H and O–H groups in total. The number of carbonyl (C=O) groups is 1. The Morgan fingerprint density at radius 2 is 1.58 bits per heavy atom. The van der Waals surface area contributed by atoms with Gasteiger partial charge in [0.15, 0.2) is 11.2 Å². The highest BCUT2D eigenvalue weighted by Gasteiger charge is 2.18. The highest BCUT2D eigenvalue weighted by Crippen LogP contribution is 2.19. The van der Waals surface area contributed by atoms with Crippen LogP contribution in [0.3, 0.4) is 0 Å². The quantitative estimate of drug-likeness (QED) is 0.337. The Kier molecular flexibility index (Phi) is 10.2. The minimum Gasteiger partial charge on any atom is -0.464 e. The van der Waals surface area contributed by atoms with Gasteiger partial charge in [-0.3, -0.25) is 9.59 Å². The molecule has 0 aliphatic rings. The number of unbranched alkanes of at least 4 members (excludes halogenated alkanes) is 1. The second-order valence-electron chi connectivity index (χ2n) is 7.84. The summed E-state index contributed by atoms with van der Waals surface area (Å²) in [4.78, 5) is 24.1. The molecular formula is C27H33FO3. The number of para-hydroxylation sites is 1. The Bertz CT molecular complexity index is 999. The Morgan fingerprint density at radius 1 is 0.935 bits per heavy atom. The largest absolute Gasteiger partial charge is 0.464 e. The first-order chi connectivity index (χ1) is 15.0. The molecule has 0 saturated carbocycles. The predicted molar refractivity (Wildman–Crippen MR) is 125 cm³/mol. The van der Waals surface area contributed by atoms with Crippen LogP contribution in [0.1, 0.15) is 75.2 Å². The number of hydrogen-bond donors (Lipinski definition) is 0. The number of Topliss-reactive ketones (excluding diaryl/α,β-unsaturated/α-hetero) is 1. The second kappa shape index (κ2) is 12.8. The van der Waals surface area contributed by atoms with E-state index in [1.54, 1.807) is 18.4 Å². The molecule has 0 saturated heterocycles. The van der Waals surface area contributed by atoms with Crippen molar-refractivity contribution in [2.24, 2.45) is 5.92 Å². The van der Waals surface area contributed by atoms with Crippen molar-refractivity contribution in [2.45, 2.75) is 65.7 Å². The van der Waals surface area contributed by atoms with E-state index in [-0.39, 0.29) is 22.9 Å². The van der Waals surface area contributed by atoms with Crippen molar-refractivity contribution < 1.29 is 13.6 Å². The van der Waals surface area contributed by atoms with Gasteiger partial charge in [0.1, 0.15) is 11.4 Å². The molecule has 0 spiro atoms. The van der Waals surface area contributed by atoms with Crippen molar-refractivity contribution in [3.63, 3.8) is 0 Å². The Hall–Kier alpha value is -2.75. The first-order valence-electron chi connectivity index (χ1n) is 11.3. The van der Waals surface area contributed by atoms with Crippen LogP contribution in [0.15, 0.2) is 64.0 Å². The van der Waals surface area contributed by atoms with Gasteiger partial charge >= 0.3 is 0 Å². The minimum absolute atomic E-state index is 0.0976. The third-order valence-corrected chi connectivity index (χ3v) is 5.32. The van der Waals surface area contributed by atoms with E-state index < -0.39 is 0 Å². The standard InChI is InChI=1S/C14H19FO.C13H14O2/c1-3-5-11(6-4-2)14(16)12-7-9-13(15)10-8-12;1-2-3-6-10-9-15-12-8-5-4-7-11(12)13(10)14/h7-11H,3-6H2,1-2H3;4-5,7-9H,2-3,6H2,1H3. The summed E-state index contributed by atoms with van der Waals surface area (Å²) in [5.41, 5.74) is 2.21. The molecule has 0 aliphatic heterocycles. The van der Waals surface area contributed by atoms with E-state index in [9.17, 15) is 14.0 Å². The summed E-state index contributed by atoms with van der Waals surface area (Å²) in [7, 11) is 0. The molecule has 2 aromatic carbocycles. The number of aryl methyl sites for hydroxylation is 1. The molecule has 0 atom stereocenters. The lowest BCUT2D eigenvalue weighted by Gasteiger charge is -2.13. The van der Waals surface area contributed by atoms with Crippen LogP contribution in [0.25, 0.3) is 11.0 Å². The molecule has 0 fully saturated rings. The lowest BCUT2D eigenvalue weighted by Crippen LogP contribution is -2.14. The van der Waals surface area contributed by atoms with Gasteiger partial charge in [-0.25, -0.2) is 4.39 Å². The van der Waals surface area contributed by atoms with E-state index >= 15 is 0 Å². The maximum atomic E-state index is 12.7. The van der Waals surface area contributed by atoms with E-state index in [0.29, 0.717) is 16.5 Å². The van der Waals surface area contributed by atoms with Crippen molar-refractivity contribution in [3.8, 4) is 0 Å². The minimum atomic E-state index is -0.293. The third kappa shape index (κ3) is 7.16.